The number of hydrogen-bond acceptors (Lipinski definition) is 4. The van der Waals surface area contributed by atoms with Crippen LogP contribution < -0.4 is 4.90 Å². The minimum Gasteiger partial charge on any atom is -0.357 e. The fourth-order valence-electron chi connectivity index (χ4n) is 3.63. The van der Waals surface area contributed by atoms with Gasteiger partial charge >= 0.3 is 0 Å². The van der Waals surface area contributed by atoms with E-state index in [9.17, 15) is 8.42 Å². The average Bonchev–Trinajstić information content (AvgIpc) is 3.16. The summed E-state index contributed by atoms with van der Waals surface area (Å²) in [6, 6.07) is 9.30. The lowest BCUT2D eigenvalue weighted by Gasteiger charge is -2.26. The highest BCUT2D eigenvalue weighted by molar-refractivity contribution is 7.89. The first-order valence-electron chi connectivity index (χ1n) is 8.80. The fourth-order valence-corrected chi connectivity index (χ4v) is 5.18. The Labute approximate surface area is 143 Å². The first kappa shape index (κ1) is 15.8. The van der Waals surface area contributed by atoms with E-state index in [0.29, 0.717) is 18.0 Å². The van der Waals surface area contributed by atoms with Gasteiger partial charge in [0.05, 0.1) is 10.4 Å². The molecule has 4 rings (SSSR count). The zero-order valence-electron chi connectivity index (χ0n) is 13.8. The molecule has 2 aliphatic rings. The summed E-state index contributed by atoms with van der Waals surface area (Å²) < 4.78 is 27.2. The molecule has 2 aliphatic heterocycles. The van der Waals surface area contributed by atoms with Gasteiger partial charge in [-0.3, -0.25) is 0 Å². The minimum atomic E-state index is -3.38. The standard InChI is InChI=1S/C18H23N3O2S/c22-24(23,21-12-2-1-3-13-21)16-7-8-17-15(14-16)6-9-18(19-17)20-10-4-5-11-20/h6-9,14H,1-5,10-13H2. The van der Waals surface area contributed by atoms with Crippen LogP contribution in [-0.4, -0.2) is 43.9 Å². The van der Waals surface area contributed by atoms with E-state index in [4.69, 9.17) is 4.98 Å². The maximum atomic E-state index is 12.8. The third kappa shape index (κ3) is 2.89. The van der Waals surface area contributed by atoms with Gasteiger partial charge in [0.2, 0.25) is 10.0 Å². The second kappa shape index (κ2) is 6.33. The number of benzene rings is 1. The molecule has 0 unspecified atom stereocenters. The van der Waals surface area contributed by atoms with Gasteiger partial charge in [-0.1, -0.05) is 6.42 Å². The number of rotatable bonds is 3. The lowest BCUT2D eigenvalue weighted by molar-refractivity contribution is 0.346. The van der Waals surface area contributed by atoms with Gasteiger partial charge in [0, 0.05) is 31.6 Å². The summed E-state index contributed by atoms with van der Waals surface area (Å²) in [5, 5.41) is 0.885. The Balaban J connectivity index is 1.66. The van der Waals surface area contributed by atoms with Gasteiger partial charge in [-0.05, 0) is 56.0 Å². The molecule has 24 heavy (non-hydrogen) atoms. The third-order valence-electron chi connectivity index (χ3n) is 5.03. The second-order valence-corrected chi connectivity index (χ2v) is 8.62. The molecule has 0 aliphatic carbocycles. The number of fused-ring (bicyclic) bond motifs is 1. The van der Waals surface area contributed by atoms with Gasteiger partial charge < -0.3 is 4.90 Å². The molecule has 0 spiro atoms. The highest BCUT2D eigenvalue weighted by Crippen LogP contribution is 2.26. The molecule has 3 heterocycles. The van der Waals surface area contributed by atoms with Gasteiger partial charge in [0.15, 0.2) is 0 Å². The van der Waals surface area contributed by atoms with Crippen molar-refractivity contribution >= 4 is 26.7 Å². The Kier molecular flexibility index (Phi) is 4.18. The Bertz CT molecular complexity index is 838. The van der Waals surface area contributed by atoms with Crippen LogP contribution >= 0.6 is 0 Å². The van der Waals surface area contributed by atoms with Gasteiger partial charge in [0.1, 0.15) is 5.82 Å². The molecule has 0 N–H and O–H groups in total. The van der Waals surface area contributed by atoms with E-state index in [-0.39, 0.29) is 0 Å². The number of hydrogen-bond donors (Lipinski definition) is 0. The maximum absolute atomic E-state index is 12.8. The van der Waals surface area contributed by atoms with Crippen molar-refractivity contribution in [3.8, 4) is 0 Å². The summed E-state index contributed by atoms with van der Waals surface area (Å²) in [6.07, 6.45) is 5.45. The molecule has 2 saturated heterocycles. The highest BCUT2D eigenvalue weighted by atomic mass is 32.2. The van der Waals surface area contributed by atoms with Crippen molar-refractivity contribution < 1.29 is 8.42 Å². The summed E-state index contributed by atoms with van der Waals surface area (Å²) >= 11 is 0. The monoisotopic (exact) mass is 345 g/mol. The topological polar surface area (TPSA) is 53.5 Å². The Hall–Kier alpha value is -1.66. The lowest BCUT2D eigenvalue weighted by Crippen LogP contribution is -2.35. The number of anilines is 1. The fraction of sp³-hybridized carbons (Fsp3) is 0.500. The second-order valence-electron chi connectivity index (χ2n) is 6.68. The van der Waals surface area contributed by atoms with Gasteiger partial charge in [0.25, 0.3) is 0 Å². The van der Waals surface area contributed by atoms with Crippen molar-refractivity contribution in [1.29, 1.82) is 0 Å². The molecule has 1 aromatic heterocycles. The van der Waals surface area contributed by atoms with E-state index >= 15 is 0 Å². The number of aromatic nitrogens is 1. The summed E-state index contributed by atoms with van der Waals surface area (Å²) in [6.45, 7) is 3.37. The van der Waals surface area contributed by atoms with Crippen molar-refractivity contribution in [1.82, 2.24) is 9.29 Å². The number of piperidine rings is 1. The lowest BCUT2D eigenvalue weighted by atomic mass is 10.2. The quantitative estimate of drug-likeness (QED) is 0.858. The molecule has 0 amide bonds. The largest absolute Gasteiger partial charge is 0.357 e. The van der Waals surface area contributed by atoms with Crippen LogP contribution in [0.5, 0.6) is 0 Å². The van der Waals surface area contributed by atoms with Crippen molar-refractivity contribution in [2.75, 3.05) is 31.1 Å². The average molecular weight is 345 g/mol. The molecule has 0 bridgehead atoms. The predicted octanol–water partition coefficient (Wildman–Crippen LogP) is 3.01. The molecule has 2 fully saturated rings. The highest BCUT2D eigenvalue weighted by Gasteiger charge is 2.26. The molecule has 0 radical (unpaired) electrons. The van der Waals surface area contributed by atoms with Crippen LogP contribution in [0.3, 0.4) is 0 Å². The first-order valence-corrected chi connectivity index (χ1v) is 10.2. The predicted molar refractivity (Wildman–Crippen MR) is 95.8 cm³/mol. The molecule has 5 nitrogen and oxygen atoms in total. The first-order chi connectivity index (χ1) is 11.6. The van der Waals surface area contributed by atoms with E-state index in [1.807, 2.05) is 18.2 Å². The third-order valence-corrected chi connectivity index (χ3v) is 6.92. The van der Waals surface area contributed by atoms with Crippen LogP contribution in [0, 0.1) is 0 Å². The Morgan fingerprint density at radius 1 is 0.833 bits per heavy atom. The SMILES string of the molecule is O=S(=O)(c1ccc2nc(N3CCCC3)ccc2c1)N1CCCCC1. The zero-order chi connectivity index (χ0) is 16.6. The van der Waals surface area contributed by atoms with Crippen molar-refractivity contribution in [2.24, 2.45) is 0 Å². The van der Waals surface area contributed by atoms with Gasteiger partial charge in [-0.15, -0.1) is 0 Å². The van der Waals surface area contributed by atoms with Crippen LogP contribution in [0.2, 0.25) is 0 Å². The summed E-state index contributed by atoms with van der Waals surface area (Å²) in [5.74, 6) is 0.992. The van der Waals surface area contributed by atoms with E-state index in [1.165, 1.54) is 12.8 Å². The van der Waals surface area contributed by atoms with Crippen LogP contribution in [0.15, 0.2) is 35.2 Å². The Morgan fingerprint density at radius 3 is 2.29 bits per heavy atom. The summed E-state index contributed by atoms with van der Waals surface area (Å²) in [4.78, 5) is 7.38. The molecule has 0 saturated carbocycles. The van der Waals surface area contributed by atoms with Crippen molar-refractivity contribution in [3.05, 3.63) is 30.3 Å². The normalized spacial score (nSPS) is 19.9. The zero-order valence-corrected chi connectivity index (χ0v) is 14.6. The van der Waals surface area contributed by atoms with Crippen LogP contribution in [0.1, 0.15) is 32.1 Å². The molecule has 128 valence electrons. The van der Waals surface area contributed by atoms with E-state index in [1.54, 1.807) is 16.4 Å². The maximum Gasteiger partial charge on any atom is 0.243 e. The van der Waals surface area contributed by atoms with E-state index in [2.05, 4.69) is 4.90 Å². The molecule has 0 atom stereocenters. The smallest absolute Gasteiger partial charge is 0.243 e. The van der Waals surface area contributed by atoms with E-state index < -0.39 is 10.0 Å². The van der Waals surface area contributed by atoms with Gasteiger partial charge in [-0.2, -0.15) is 4.31 Å². The number of pyridine rings is 1. The van der Waals surface area contributed by atoms with Crippen molar-refractivity contribution in [3.63, 3.8) is 0 Å². The van der Waals surface area contributed by atoms with Crippen LogP contribution in [-0.2, 0) is 10.0 Å². The van der Waals surface area contributed by atoms with Crippen molar-refractivity contribution in [2.45, 2.75) is 37.0 Å². The summed E-state index contributed by atoms with van der Waals surface area (Å²) in [7, 11) is -3.38. The number of nitrogens with zero attached hydrogens (tertiary/aromatic N) is 3. The van der Waals surface area contributed by atoms with E-state index in [0.717, 1.165) is 49.1 Å². The van der Waals surface area contributed by atoms with Crippen LogP contribution in [0.4, 0.5) is 5.82 Å². The molecule has 1 aromatic carbocycles. The molecular weight excluding hydrogens is 322 g/mol. The summed E-state index contributed by atoms with van der Waals surface area (Å²) in [5.41, 5.74) is 0.858. The van der Waals surface area contributed by atoms with Crippen LogP contribution in [0.25, 0.3) is 10.9 Å². The Morgan fingerprint density at radius 2 is 1.54 bits per heavy atom. The minimum absolute atomic E-state index is 0.382. The van der Waals surface area contributed by atoms with Gasteiger partial charge in [-0.25, -0.2) is 13.4 Å². The molecule has 2 aromatic rings. The number of sulfonamides is 1. The molecular formula is C18H23N3O2S. The molecule has 6 heteroatoms.